The second kappa shape index (κ2) is 10.0. The summed E-state index contributed by atoms with van der Waals surface area (Å²) in [5.41, 5.74) is 0.379. The summed E-state index contributed by atoms with van der Waals surface area (Å²) < 4.78 is 4.85. The monoisotopic (exact) mass is 374 g/mol. The molecular weight excluding hydrogens is 352 g/mol. The van der Waals surface area contributed by atoms with Gasteiger partial charge in [0.05, 0.1) is 17.4 Å². The molecule has 2 aromatic rings. The van der Waals surface area contributed by atoms with Crippen molar-refractivity contribution in [1.29, 1.82) is 0 Å². The van der Waals surface area contributed by atoms with Gasteiger partial charge in [0.2, 0.25) is 5.91 Å². The third-order valence-corrected chi connectivity index (χ3v) is 3.64. The van der Waals surface area contributed by atoms with Gasteiger partial charge in [-0.25, -0.2) is 4.98 Å². The molecule has 2 amide bonds. The molecule has 1 heterocycles. The molecule has 0 radical (unpaired) electrons. The van der Waals surface area contributed by atoms with E-state index in [4.69, 9.17) is 4.74 Å². The molecule has 0 aliphatic heterocycles. The van der Waals surface area contributed by atoms with Crippen LogP contribution >= 0.6 is 0 Å². The Labute approximate surface area is 155 Å². The van der Waals surface area contributed by atoms with Gasteiger partial charge in [-0.2, -0.15) is 0 Å². The Balaban J connectivity index is 1.71. The molecule has 0 saturated carbocycles. The van der Waals surface area contributed by atoms with Crippen molar-refractivity contribution in [2.75, 3.05) is 19.7 Å². The highest BCUT2D eigenvalue weighted by atomic mass is 16.5. The first kappa shape index (κ1) is 20.1. The zero-order valence-corrected chi connectivity index (χ0v) is 15.0. The summed E-state index contributed by atoms with van der Waals surface area (Å²) in [5, 5.41) is 5.39. The number of ether oxygens (including phenoxy) is 1. The largest absolute Gasteiger partial charge is 0.456 e. The average Bonchev–Trinajstić information content (AvgIpc) is 2.65. The number of aromatic amines is 1. The van der Waals surface area contributed by atoms with Crippen LogP contribution in [0, 0.1) is 0 Å². The van der Waals surface area contributed by atoms with Crippen LogP contribution in [0.3, 0.4) is 0 Å². The van der Waals surface area contributed by atoms with Gasteiger partial charge in [0, 0.05) is 19.4 Å². The van der Waals surface area contributed by atoms with Crippen molar-refractivity contribution >= 4 is 28.7 Å². The molecular formula is C18H22N4O5. The lowest BCUT2D eigenvalue weighted by Crippen LogP contribution is -2.38. The molecule has 0 aliphatic carbocycles. The minimum Gasteiger partial charge on any atom is -0.456 e. The maximum Gasteiger partial charge on any atom is 0.306 e. The fourth-order valence-corrected chi connectivity index (χ4v) is 2.36. The Hall–Kier alpha value is -3.23. The number of fused-ring (bicyclic) bond motifs is 1. The first-order valence-electron chi connectivity index (χ1n) is 8.66. The van der Waals surface area contributed by atoms with Gasteiger partial charge in [0.1, 0.15) is 5.82 Å². The Bertz CT molecular complexity index is 877. The summed E-state index contributed by atoms with van der Waals surface area (Å²) in [4.78, 5) is 53.4. The minimum atomic E-state index is -0.546. The number of likely N-dealkylation sites (N-methyl/N-ethyl adjacent to an activating group) is 1. The third kappa shape index (κ3) is 6.53. The molecule has 9 heteroatoms. The van der Waals surface area contributed by atoms with Crippen LogP contribution < -0.4 is 16.2 Å². The molecule has 0 atom stereocenters. The first-order chi connectivity index (χ1) is 13.0. The maximum atomic E-state index is 12.0. The quantitative estimate of drug-likeness (QED) is 0.531. The molecule has 144 valence electrons. The predicted octanol–water partition coefficient (Wildman–Crippen LogP) is 0.0413. The molecule has 9 nitrogen and oxygen atoms in total. The normalized spacial score (nSPS) is 10.4. The molecule has 3 N–H and O–H groups in total. The van der Waals surface area contributed by atoms with Gasteiger partial charge in [-0.1, -0.05) is 12.1 Å². The van der Waals surface area contributed by atoms with E-state index in [0.29, 0.717) is 36.1 Å². The summed E-state index contributed by atoms with van der Waals surface area (Å²) in [6.45, 7) is 1.64. The van der Waals surface area contributed by atoms with E-state index in [1.807, 2.05) is 0 Å². The average molecular weight is 374 g/mol. The maximum absolute atomic E-state index is 12.0. The lowest BCUT2D eigenvalue weighted by molar-refractivity contribution is -0.148. The summed E-state index contributed by atoms with van der Waals surface area (Å²) in [6.07, 6.45) is 0.902. The van der Waals surface area contributed by atoms with E-state index in [0.717, 1.165) is 0 Å². The number of esters is 1. The van der Waals surface area contributed by atoms with E-state index in [1.165, 1.54) is 0 Å². The summed E-state index contributed by atoms with van der Waals surface area (Å²) in [6, 6.07) is 7.01. The highest BCUT2D eigenvalue weighted by molar-refractivity contribution is 5.86. The number of rotatable bonds is 9. The molecule has 1 aromatic carbocycles. The molecule has 0 saturated heterocycles. The fourth-order valence-electron chi connectivity index (χ4n) is 2.36. The number of aryl methyl sites for hydroxylation is 1. The standard InChI is InChI=1S/C18H22N4O5/c1-2-19-15(23)10-20-16(24)11-27-17(25)9-5-8-14-21-13-7-4-3-6-12(13)18(26)22-14/h3-4,6-7H,2,5,8-11H2,1H3,(H,19,23)(H,20,24)(H,21,22,26). The fraction of sp³-hybridized carbons (Fsp3) is 0.389. The summed E-state index contributed by atoms with van der Waals surface area (Å²) in [5.74, 6) is -0.901. The topological polar surface area (TPSA) is 130 Å². The Morgan fingerprint density at radius 1 is 1.15 bits per heavy atom. The van der Waals surface area contributed by atoms with Crippen LogP contribution in [0.2, 0.25) is 0 Å². The van der Waals surface area contributed by atoms with Crippen LogP contribution in [-0.4, -0.2) is 47.4 Å². The molecule has 0 bridgehead atoms. The number of hydrogen-bond donors (Lipinski definition) is 3. The van der Waals surface area contributed by atoms with E-state index in [-0.39, 0.29) is 24.4 Å². The van der Waals surface area contributed by atoms with Crippen LogP contribution in [0.4, 0.5) is 0 Å². The number of benzene rings is 1. The Kier molecular flexibility index (Phi) is 7.48. The number of carbonyl (C=O) groups is 3. The SMILES string of the molecule is CCNC(=O)CNC(=O)COC(=O)CCCc1nc2ccccc2c(=O)[nH]1. The lowest BCUT2D eigenvalue weighted by atomic mass is 10.2. The van der Waals surface area contributed by atoms with Gasteiger partial charge in [0.15, 0.2) is 6.61 Å². The molecule has 0 fully saturated rings. The number of aromatic nitrogens is 2. The molecule has 2 rings (SSSR count). The van der Waals surface area contributed by atoms with E-state index in [9.17, 15) is 19.2 Å². The zero-order valence-electron chi connectivity index (χ0n) is 15.0. The van der Waals surface area contributed by atoms with Crippen molar-refractivity contribution < 1.29 is 19.1 Å². The van der Waals surface area contributed by atoms with E-state index >= 15 is 0 Å². The second-order valence-corrected chi connectivity index (χ2v) is 5.77. The van der Waals surface area contributed by atoms with Crippen LogP contribution in [0.25, 0.3) is 10.9 Å². The first-order valence-corrected chi connectivity index (χ1v) is 8.66. The lowest BCUT2D eigenvalue weighted by Gasteiger charge is -2.07. The van der Waals surface area contributed by atoms with Crippen molar-refractivity contribution in [3.63, 3.8) is 0 Å². The Morgan fingerprint density at radius 3 is 2.70 bits per heavy atom. The molecule has 27 heavy (non-hydrogen) atoms. The number of amides is 2. The van der Waals surface area contributed by atoms with Gasteiger partial charge < -0.3 is 20.4 Å². The number of nitrogens with zero attached hydrogens (tertiary/aromatic N) is 1. The van der Waals surface area contributed by atoms with E-state index in [2.05, 4.69) is 20.6 Å². The van der Waals surface area contributed by atoms with Crippen LogP contribution in [-0.2, 0) is 25.5 Å². The number of carbonyl (C=O) groups excluding carboxylic acids is 3. The van der Waals surface area contributed by atoms with Crippen LogP contribution in [0.5, 0.6) is 0 Å². The summed E-state index contributed by atoms with van der Waals surface area (Å²) in [7, 11) is 0. The number of H-pyrrole nitrogens is 1. The number of hydrogen-bond acceptors (Lipinski definition) is 6. The highest BCUT2D eigenvalue weighted by Gasteiger charge is 2.10. The zero-order chi connectivity index (χ0) is 19.6. The third-order valence-electron chi connectivity index (χ3n) is 3.64. The van der Waals surface area contributed by atoms with Crippen molar-refractivity contribution in [2.24, 2.45) is 0 Å². The van der Waals surface area contributed by atoms with Crippen molar-refractivity contribution in [2.45, 2.75) is 26.2 Å². The molecule has 0 aliphatic rings. The molecule has 0 unspecified atom stereocenters. The summed E-state index contributed by atoms with van der Waals surface area (Å²) >= 11 is 0. The van der Waals surface area contributed by atoms with Gasteiger partial charge in [-0.3, -0.25) is 19.2 Å². The van der Waals surface area contributed by atoms with Crippen molar-refractivity contribution in [3.8, 4) is 0 Å². The molecule has 1 aromatic heterocycles. The molecule has 0 spiro atoms. The van der Waals surface area contributed by atoms with Gasteiger partial charge in [-0.05, 0) is 25.5 Å². The van der Waals surface area contributed by atoms with E-state index in [1.54, 1.807) is 31.2 Å². The minimum absolute atomic E-state index is 0.0835. The second-order valence-electron chi connectivity index (χ2n) is 5.77. The van der Waals surface area contributed by atoms with Crippen molar-refractivity contribution in [1.82, 2.24) is 20.6 Å². The van der Waals surface area contributed by atoms with Gasteiger partial charge in [0.25, 0.3) is 11.5 Å². The van der Waals surface area contributed by atoms with Crippen LogP contribution in [0.15, 0.2) is 29.1 Å². The Morgan fingerprint density at radius 2 is 1.93 bits per heavy atom. The van der Waals surface area contributed by atoms with Gasteiger partial charge in [-0.15, -0.1) is 0 Å². The van der Waals surface area contributed by atoms with Gasteiger partial charge >= 0.3 is 5.97 Å². The number of nitrogens with one attached hydrogen (secondary N) is 3. The predicted molar refractivity (Wildman–Crippen MR) is 98.0 cm³/mol. The number of para-hydroxylation sites is 1. The highest BCUT2D eigenvalue weighted by Crippen LogP contribution is 2.07. The van der Waals surface area contributed by atoms with Crippen LogP contribution in [0.1, 0.15) is 25.6 Å². The van der Waals surface area contributed by atoms with Crippen molar-refractivity contribution in [3.05, 3.63) is 40.4 Å². The van der Waals surface area contributed by atoms with E-state index < -0.39 is 18.5 Å². The smallest absolute Gasteiger partial charge is 0.306 e.